The number of hydrogen-bond donors (Lipinski definition) is 1. The molecule has 0 aromatic carbocycles. The Hall–Kier alpha value is -0.590. The summed E-state index contributed by atoms with van der Waals surface area (Å²) in [6.07, 6.45) is 5.49. The monoisotopic (exact) mass is 358 g/mol. The van der Waals surface area contributed by atoms with Crippen molar-refractivity contribution in [3.63, 3.8) is 0 Å². The van der Waals surface area contributed by atoms with Crippen molar-refractivity contribution in [1.82, 2.24) is 10.3 Å². The van der Waals surface area contributed by atoms with Crippen LogP contribution in [0.5, 0.6) is 0 Å². The van der Waals surface area contributed by atoms with Crippen LogP contribution in [0.2, 0.25) is 0 Å². The van der Waals surface area contributed by atoms with E-state index in [1.807, 2.05) is 19.2 Å². The van der Waals surface area contributed by atoms with Crippen molar-refractivity contribution >= 4 is 33.7 Å². The van der Waals surface area contributed by atoms with Gasteiger partial charge >= 0.3 is 5.97 Å². The predicted molar refractivity (Wildman–Crippen MR) is 83.9 cm³/mol. The molecule has 1 saturated carbocycles. The zero-order valence-corrected chi connectivity index (χ0v) is 14.1. The Kier molecular flexibility index (Phi) is 5.46. The highest BCUT2D eigenvalue weighted by Crippen LogP contribution is 2.39. The Bertz CT molecular complexity index is 486. The fourth-order valence-corrected chi connectivity index (χ4v) is 4.46. The van der Waals surface area contributed by atoms with E-state index >= 15 is 0 Å². The summed E-state index contributed by atoms with van der Waals surface area (Å²) < 4.78 is 5.97. The molecule has 2 unspecified atom stereocenters. The number of thioether (sulfide) groups is 1. The van der Waals surface area contributed by atoms with Crippen LogP contribution in [0.15, 0.2) is 27.8 Å². The van der Waals surface area contributed by atoms with E-state index in [2.05, 4.69) is 26.2 Å². The first-order valence-corrected chi connectivity index (χ1v) is 8.33. The first kappa shape index (κ1) is 15.8. The summed E-state index contributed by atoms with van der Waals surface area (Å²) in [6.45, 7) is 0. The van der Waals surface area contributed by atoms with Gasteiger partial charge in [0.15, 0.2) is 0 Å². The summed E-state index contributed by atoms with van der Waals surface area (Å²) >= 11 is 5.25. The summed E-state index contributed by atoms with van der Waals surface area (Å²) in [6, 6.07) is 3.89. The molecule has 20 heavy (non-hydrogen) atoms. The lowest BCUT2D eigenvalue weighted by atomic mass is 9.81. The molecule has 0 aliphatic heterocycles. The standard InChI is InChI=1S/C14H19BrN2O2S/c1-16-14(13(18)19-2)7-3-5-10(9-14)20-12-11(15)6-4-8-17-12/h4,6,8,10,16H,3,5,7,9H2,1-2H3. The van der Waals surface area contributed by atoms with Crippen LogP contribution in [0.25, 0.3) is 0 Å². The Morgan fingerprint density at radius 3 is 3.10 bits per heavy atom. The number of nitrogens with one attached hydrogen (secondary N) is 1. The van der Waals surface area contributed by atoms with Gasteiger partial charge in [-0.3, -0.25) is 4.79 Å². The Labute approximate surface area is 132 Å². The van der Waals surface area contributed by atoms with Crippen molar-refractivity contribution in [2.75, 3.05) is 14.2 Å². The predicted octanol–water partition coefficient (Wildman–Crippen LogP) is 3.01. The number of likely N-dealkylation sites (N-methyl/N-ethyl adjacent to an activating group) is 1. The number of esters is 1. The van der Waals surface area contributed by atoms with Gasteiger partial charge in [-0.15, -0.1) is 11.8 Å². The van der Waals surface area contributed by atoms with Crippen LogP contribution in [-0.4, -0.2) is 35.9 Å². The molecule has 110 valence electrons. The number of carbonyl (C=O) groups is 1. The van der Waals surface area contributed by atoms with E-state index in [0.29, 0.717) is 5.25 Å². The second-order valence-corrected chi connectivity index (χ2v) is 7.09. The molecule has 0 spiro atoms. The van der Waals surface area contributed by atoms with E-state index in [1.165, 1.54) is 7.11 Å². The van der Waals surface area contributed by atoms with E-state index in [9.17, 15) is 4.79 Å². The fraction of sp³-hybridized carbons (Fsp3) is 0.571. The highest BCUT2D eigenvalue weighted by atomic mass is 79.9. The summed E-state index contributed by atoms with van der Waals surface area (Å²) in [5.74, 6) is -0.162. The lowest BCUT2D eigenvalue weighted by Gasteiger charge is -2.38. The number of hydrogen-bond acceptors (Lipinski definition) is 5. The maximum atomic E-state index is 12.1. The first-order valence-electron chi connectivity index (χ1n) is 6.66. The molecule has 1 N–H and O–H groups in total. The third-order valence-corrected chi connectivity index (χ3v) is 5.95. The normalized spacial score (nSPS) is 26.2. The van der Waals surface area contributed by atoms with Gasteiger partial charge in [0.1, 0.15) is 10.6 Å². The quantitative estimate of drug-likeness (QED) is 0.838. The van der Waals surface area contributed by atoms with Crippen molar-refractivity contribution in [2.24, 2.45) is 0 Å². The van der Waals surface area contributed by atoms with Gasteiger partial charge in [0.05, 0.1) is 7.11 Å². The molecule has 0 radical (unpaired) electrons. The van der Waals surface area contributed by atoms with Crippen molar-refractivity contribution in [3.05, 3.63) is 22.8 Å². The number of carbonyl (C=O) groups excluding carboxylic acids is 1. The average Bonchev–Trinajstić information content (AvgIpc) is 2.49. The molecule has 0 saturated heterocycles. The molecule has 2 rings (SSSR count). The maximum Gasteiger partial charge on any atom is 0.326 e. The first-order chi connectivity index (χ1) is 9.61. The molecule has 1 heterocycles. The molecular formula is C14H19BrN2O2S. The van der Waals surface area contributed by atoms with Crippen molar-refractivity contribution in [3.8, 4) is 0 Å². The zero-order chi connectivity index (χ0) is 14.6. The molecular weight excluding hydrogens is 340 g/mol. The van der Waals surface area contributed by atoms with Crippen molar-refractivity contribution < 1.29 is 9.53 Å². The van der Waals surface area contributed by atoms with E-state index in [-0.39, 0.29) is 5.97 Å². The van der Waals surface area contributed by atoms with E-state index in [0.717, 1.165) is 35.2 Å². The summed E-state index contributed by atoms with van der Waals surface area (Å²) in [5, 5.41) is 4.52. The number of ether oxygens (including phenoxy) is 1. The summed E-state index contributed by atoms with van der Waals surface area (Å²) in [5.41, 5.74) is -0.550. The highest BCUT2D eigenvalue weighted by Gasteiger charge is 2.43. The van der Waals surface area contributed by atoms with E-state index in [4.69, 9.17) is 4.74 Å². The lowest BCUT2D eigenvalue weighted by Crippen LogP contribution is -2.54. The Balaban J connectivity index is 2.10. The molecule has 0 bridgehead atoms. The van der Waals surface area contributed by atoms with Crippen LogP contribution in [-0.2, 0) is 9.53 Å². The molecule has 4 nitrogen and oxygen atoms in total. The third kappa shape index (κ3) is 3.35. The molecule has 1 aliphatic rings. The van der Waals surface area contributed by atoms with Gasteiger partial charge in [-0.1, -0.05) is 0 Å². The Morgan fingerprint density at radius 1 is 1.65 bits per heavy atom. The number of methoxy groups -OCH3 is 1. The van der Waals surface area contributed by atoms with Gasteiger partial charge in [0.2, 0.25) is 0 Å². The number of nitrogens with zero attached hydrogens (tertiary/aromatic N) is 1. The van der Waals surface area contributed by atoms with Crippen LogP contribution in [0, 0.1) is 0 Å². The number of halogens is 1. The van der Waals surface area contributed by atoms with Crippen LogP contribution < -0.4 is 5.32 Å². The molecule has 1 aromatic rings. The second-order valence-electron chi connectivity index (χ2n) is 4.95. The lowest BCUT2D eigenvalue weighted by molar-refractivity contribution is -0.149. The topological polar surface area (TPSA) is 51.2 Å². The molecule has 1 aromatic heterocycles. The Morgan fingerprint density at radius 2 is 2.45 bits per heavy atom. The van der Waals surface area contributed by atoms with Crippen LogP contribution in [0.1, 0.15) is 25.7 Å². The smallest absolute Gasteiger partial charge is 0.326 e. The van der Waals surface area contributed by atoms with Crippen LogP contribution in [0.3, 0.4) is 0 Å². The number of pyridine rings is 1. The molecule has 2 atom stereocenters. The largest absolute Gasteiger partial charge is 0.468 e. The van der Waals surface area contributed by atoms with Crippen molar-refractivity contribution in [2.45, 2.75) is 41.5 Å². The fourth-order valence-electron chi connectivity index (χ4n) is 2.65. The second kappa shape index (κ2) is 6.91. The zero-order valence-electron chi connectivity index (χ0n) is 11.7. The van der Waals surface area contributed by atoms with Gasteiger partial charge in [0.25, 0.3) is 0 Å². The van der Waals surface area contributed by atoms with Gasteiger partial charge in [-0.05, 0) is 60.8 Å². The minimum Gasteiger partial charge on any atom is -0.468 e. The van der Waals surface area contributed by atoms with Crippen molar-refractivity contribution in [1.29, 1.82) is 0 Å². The molecule has 1 fully saturated rings. The highest BCUT2D eigenvalue weighted by molar-refractivity contribution is 9.10. The number of rotatable bonds is 4. The minimum atomic E-state index is -0.550. The van der Waals surface area contributed by atoms with Gasteiger partial charge in [-0.2, -0.15) is 0 Å². The maximum absolute atomic E-state index is 12.1. The van der Waals surface area contributed by atoms with Crippen LogP contribution in [0.4, 0.5) is 0 Å². The summed E-state index contributed by atoms with van der Waals surface area (Å²) in [4.78, 5) is 16.5. The van der Waals surface area contributed by atoms with Gasteiger partial charge in [0, 0.05) is 15.9 Å². The third-order valence-electron chi connectivity index (χ3n) is 3.76. The van der Waals surface area contributed by atoms with Crippen LogP contribution >= 0.6 is 27.7 Å². The SMILES string of the molecule is CNC1(C(=O)OC)CCCC(Sc2ncccc2Br)C1. The van der Waals surface area contributed by atoms with E-state index in [1.54, 1.807) is 18.0 Å². The molecule has 1 aliphatic carbocycles. The molecule has 6 heteroatoms. The summed E-state index contributed by atoms with van der Waals surface area (Å²) in [7, 11) is 3.29. The minimum absolute atomic E-state index is 0.162. The van der Waals surface area contributed by atoms with E-state index < -0.39 is 5.54 Å². The number of aromatic nitrogens is 1. The molecule has 0 amide bonds. The van der Waals surface area contributed by atoms with Gasteiger partial charge < -0.3 is 10.1 Å². The van der Waals surface area contributed by atoms with Gasteiger partial charge in [-0.25, -0.2) is 4.98 Å². The average molecular weight is 359 g/mol.